The number of benzene rings is 1. The van der Waals surface area contributed by atoms with Crippen LogP contribution >= 0.6 is 0 Å². The van der Waals surface area contributed by atoms with Crippen LogP contribution in [0, 0.1) is 10.1 Å². The van der Waals surface area contributed by atoms with E-state index in [1.54, 1.807) is 17.0 Å². The van der Waals surface area contributed by atoms with Gasteiger partial charge in [0.1, 0.15) is 5.78 Å². The maximum atomic E-state index is 11.8. The van der Waals surface area contributed by atoms with Gasteiger partial charge in [0, 0.05) is 44.0 Å². The number of Topliss-reactive ketones (excluding diaryl/α,β-unsaturated/α-hetero) is 1. The molecule has 0 N–H and O–H groups in total. The Bertz CT molecular complexity index is 548. The molecular formula is C14H17N3O4. The van der Waals surface area contributed by atoms with E-state index >= 15 is 0 Å². The molecule has 1 heterocycles. The highest BCUT2D eigenvalue weighted by Crippen LogP contribution is 2.20. The van der Waals surface area contributed by atoms with E-state index in [2.05, 4.69) is 4.90 Å². The second-order valence-corrected chi connectivity index (χ2v) is 5.02. The zero-order valence-electron chi connectivity index (χ0n) is 11.8. The Morgan fingerprint density at radius 2 is 1.71 bits per heavy atom. The van der Waals surface area contributed by atoms with E-state index in [9.17, 15) is 19.7 Å². The van der Waals surface area contributed by atoms with E-state index in [0.29, 0.717) is 26.2 Å². The Balaban J connectivity index is 1.93. The lowest BCUT2D eigenvalue weighted by molar-refractivity contribution is -0.384. The number of hydrogen-bond donors (Lipinski definition) is 0. The van der Waals surface area contributed by atoms with Crippen molar-refractivity contribution in [3.63, 3.8) is 0 Å². The van der Waals surface area contributed by atoms with Gasteiger partial charge >= 0.3 is 0 Å². The summed E-state index contributed by atoms with van der Waals surface area (Å²) in [5, 5.41) is 10.6. The molecule has 1 aromatic carbocycles. The Hall–Kier alpha value is -2.44. The molecule has 1 aliphatic rings. The lowest BCUT2D eigenvalue weighted by Gasteiger charge is -2.36. The molecule has 7 nitrogen and oxygen atoms in total. The van der Waals surface area contributed by atoms with Crippen LogP contribution in [0.1, 0.15) is 13.3 Å². The van der Waals surface area contributed by atoms with Crippen molar-refractivity contribution >= 4 is 23.1 Å². The standard InChI is InChI=1S/C14H17N3O4/c1-11(18)10-14(19)16-8-6-15(7-9-16)12-2-4-13(5-3-12)17(20)21/h2-5H,6-10H2,1H3. The Labute approximate surface area is 122 Å². The molecule has 7 heteroatoms. The molecule has 0 radical (unpaired) electrons. The van der Waals surface area contributed by atoms with Crippen LogP contribution in [0.3, 0.4) is 0 Å². The van der Waals surface area contributed by atoms with Crippen molar-refractivity contribution in [3.8, 4) is 0 Å². The first kappa shape index (κ1) is 15.0. The van der Waals surface area contributed by atoms with Crippen LogP contribution in [0.2, 0.25) is 0 Å². The fourth-order valence-corrected chi connectivity index (χ4v) is 2.32. The van der Waals surface area contributed by atoms with Gasteiger partial charge in [0.05, 0.1) is 11.3 Å². The highest BCUT2D eigenvalue weighted by molar-refractivity contribution is 5.96. The van der Waals surface area contributed by atoms with Gasteiger partial charge in [0.15, 0.2) is 0 Å². The summed E-state index contributed by atoms with van der Waals surface area (Å²) < 4.78 is 0. The van der Waals surface area contributed by atoms with Gasteiger partial charge in [-0.15, -0.1) is 0 Å². The number of carbonyl (C=O) groups is 2. The summed E-state index contributed by atoms with van der Waals surface area (Å²) in [6, 6.07) is 6.38. The molecule has 0 saturated carbocycles. The SMILES string of the molecule is CC(=O)CC(=O)N1CCN(c2ccc([N+](=O)[O-])cc2)CC1. The molecule has 1 amide bonds. The number of non-ortho nitro benzene ring substituents is 1. The molecule has 112 valence electrons. The minimum atomic E-state index is -0.428. The van der Waals surface area contributed by atoms with Crippen LogP contribution in [0.25, 0.3) is 0 Å². The molecule has 1 aromatic rings. The van der Waals surface area contributed by atoms with Crippen LogP contribution in [0.4, 0.5) is 11.4 Å². The number of amides is 1. The molecule has 1 fully saturated rings. The van der Waals surface area contributed by atoms with Crippen molar-refractivity contribution in [1.82, 2.24) is 4.90 Å². The summed E-state index contributed by atoms with van der Waals surface area (Å²) >= 11 is 0. The minimum absolute atomic E-state index is 0.0441. The summed E-state index contributed by atoms with van der Waals surface area (Å²) in [5.74, 6) is -0.261. The topological polar surface area (TPSA) is 83.8 Å². The van der Waals surface area contributed by atoms with E-state index in [1.165, 1.54) is 19.1 Å². The van der Waals surface area contributed by atoms with Gasteiger partial charge in [-0.2, -0.15) is 0 Å². The monoisotopic (exact) mass is 291 g/mol. The van der Waals surface area contributed by atoms with E-state index in [0.717, 1.165) is 5.69 Å². The normalized spacial score (nSPS) is 14.9. The first-order chi connectivity index (χ1) is 9.97. The lowest BCUT2D eigenvalue weighted by Crippen LogP contribution is -2.49. The van der Waals surface area contributed by atoms with E-state index in [4.69, 9.17) is 0 Å². The highest BCUT2D eigenvalue weighted by Gasteiger charge is 2.22. The number of rotatable bonds is 4. The van der Waals surface area contributed by atoms with Gasteiger partial charge in [0.2, 0.25) is 5.91 Å². The number of ketones is 1. The average Bonchev–Trinajstić information content (AvgIpc) is 2.47. The third-order valence-electron chi connectivity index (χ3n) is 3.46. The molecule has 0 unspecified atom stereocenters. The second kappa shape index (κ2) is 6.34. The summed E-state index contributed by atoms with van der Waals surface area (Å²) in [7, 11) is 0. The van der Waals surface area contributed by atoms with Gasteiger partial charge in [-0.3, -0.25) is 19.7 Å². The van der Waals surface area contributed by atoms with Crippen LogP contribution in [-0.2, 0) is 9.59 Å². The first-order valence-electron chi connectivity index (χ1n) is 6.74. The third kappa shape index (κ3) is 3.77. The largest absolute Gasteiger partial charge is 0.368 e. The zero-order valence-corrected chi connectivity index (χ0v) is 11.8. The van der Waals surface area contributed by atoms with E-state index < -0.39 is 4.92 Å². The molecule has 0 bridgehead atoms. The van der Waals surface area contributed by atoms with Gasteiger partial charge in [-0.1, -0.05) is 0 Å². The maximum absolute atomic E-state index is 11.8. The summed E-state index contributed by atoms with van der Waals surface area (Å²) in [6.07, 6.45) is -0.0441. The summed E-state index contributed by atoms with van der Waals surface area (Å²) in [4.78, 5) is 36.7. The quantitative estimate of drug-likeness (QED) is 0.473. The Kier molecular flexibility index (Phi) is 4.52. The molecule has 0 aromatic heterocycles. The van der Waals surface area contributed by atoms with Gasteiger partial charge in [-0.05, 0) is 19.1 Å². The molecule has 1 aliphatic heterocycles. The van der Waals surface area contributed by atoms with Gasteiger partial charge in [-0.25, -0.2) is 0 Å². The average molecular weight is 291 g/mol. The number of hydrogen-bond acceptors (Lipinski definition) is 5. The van der Waals surface area contributed by atoms with Crippen molar-refractivity contribution in [2.24, 2.45) is 0 Å². The van der Waals surface area contributed by atoms with Crippen molar-refractivity contribution < 1.29 is 14.5 Å². The summed E-state index contributed by atoms with van der Waals surface area (Å²) in [6.45, 7) is 3.83. The summed E-state index contributed by atoms with van der Waals surface area (Å²) in [5.41, 5.74) is 0.966. The Morgan fingerprint density at radius 3 is 2.19 bits per heavy atom. The van der Waals surface area contributed by atoms with Gasteiger partial charge < -0.3 is 9.80 Å². The van der Waals surface area contributed by atoms with Crippen molar-refractivity contribution in [2.75, 3.05) is 31.1 Å². The van der Waals surface area contributed by atoms with Crippen LogP contribution in [-0.4, -0.2) is 47.7 Å². The molecule has 0 aliphatic carbocycles. The number of carbonyl (C=O) groups excluding carboxylic acids is 2. The molecule has 0 atom stereocenters. The fraction of sp³-hybridized carbons (Fsp3) is 0.429. The molecule has 21 heavy (non-hydrogen) atoms. The van der Waals surface area contributed by atoms with Crippen molar-refractivity contribution in [2.45, 2.75) is 13.3 Å². The zero-order chi connectivity index (χ0) is 15.4. The van der Waals surface area contributed by atoms with Crippen LogP contribution in [0.5, 0.6) is 0 Å². The highest BCUT2D eigenvalue weighted by atomic mass is 16.6. The number of nitro benzene ring substituents is 1. The second-order valence-electron chi connectivity index (χ2n) is 5.02. The number of piperazine rings is 1. The van der Waals surface area contributed by atoms with Gasteiger partial charge in [0.25, 0.3) is 5.69 Å². The first-order valence-corrected chi connectivity index (χ1v) is 6.74. The fourth-order valence-electron chi connectivity index (χ4n) is 2.32. The number of anilines is 1. The smallest absolute Gasteiger partial charge is 0.269 e. The molecular weight excluding hydrogens is 274 g/mol. The van der Waals surface area contributed by atoms with E-state index in [-0.39, 0.29) is 23.8 Å². The van der Waals surface area contributed by atoms with Crippen LogP contribution in [0.15, 0.2) is 24.3 Å². The lowest BCUT2D eigenvalue weighted by atomic mass is 10.2. The third-order valence-corrected chi connectivity index (χ3v) is 3.46. The minimum Gasteiger partial charge on any atom is -0.368 e. The molecule has 1 saturated heterocycles. The molecule has 0 spiro atoms. The number of nitrogens with zero attached hydrogens (tertiary/aromatic N) is 3. The Morgan fingerprint density at radius 1 is 1.14 bits per heavy atom. The predicted molar refractivity (Wildman–Crippen MR) is 77.2 cm³/mol. The van der Waals surface area contributed by atoms with E-state index in [1.807, 2.05) is 0 Å². The number of nitro groups is 1. The van der Waals surface area contributed by atoms with Crippen molar-refractivity contribution in [1.29, 1.82) is 0 Å². The van der Waals surface area contributed by atoms with Crippen molar-refractivity contribution in [3.05, 3.63) is 34.4 Å². The molecule has 2 rings (SSSR count). The van der Waals surface area contributed by atoms with Crippen LogP contribution < -0.4 is 4.90 Å². The maximum Gasteiger partial charge on any atom is 0.269 e. The predicted octanol–water partition coefficient (Wildman–Crippen LogP) is 1.22.